The fourth-order valence-electron chi connectivity index (χ4n) is 2.88. The molecule has 2 atom stereocenters. The van der Waals surface area contributed by atoms with Gasteiger partial charge in [-0.2, -0.15) is 4.98 Å². The third-order valence-corrected chi connectivity index (χ3v) is 3.87. The average molecular weight is 287 g/mol. The SMILES string of the molecule is Cc1c(O)cccc1-c1nc(N2CC(C)NC(C)C2)n[nH]1. The summed E-state index contributed by atoms with van der Waals surface area (Å²) in [6, 6.07) is 6.25. The molecule has 0 bridgehead atoms. The summed E-state index contributed by atoms with van der Waals surface area (Å²) in [7, 11) is 0. The molecule has 1 fully saturated rings. The monoisotopic (exact) mass is 287 g/mol. The van der Waals surface area contributed by atoms with Crippen LogP contribution in [-0.4, -0.2) is 45.5 Å². The number of piperazine rings is 1. The van der Waals surface area contributed by atoms with Gasteiger partial charge in [-0.1, -0.05) is 12.1 Å². The Balaban J connectivity index is 1.88. The molecule has 0 spiro atoms. The molecule has 21 heavy (non-hydrogen) atoms. The van der Waals surface area contributed by atoms with Crippen molar-refractivity contribution >= 4 is 5.95 Å². The lowest BCUT2D eigenvalue weighted by Gasteiger charge is -2.35. The van der Waals surface area contributed by atoms with Gasteiger partial charge >= 0.3 is 0 Å². The van der Waals surface area contributed by atoms with Crippen LogP contribution in [0.3, 0.4) is 0 Å². The van der Waals surface area contributed by atoms with Gasteiger partial charge in [-0.15, -0.1) is 5.10 Å². The third kappa shape index (κ3) is 2.71. The van der Waals surface area contributed by atoms with E-state index in [0.29, 0.717) is 23.9 Å². The highest BCUT2D eigenvalue weighted by atomic mass is 16.3. The van der Waals surface area contributed by atoms with Gasteiger partial charge in [0.2, 0.25) is 5.95 Å². The number of anilines is 1. The van der Waals surface area contributed by atoms with Crippen molar-refractivity contribution in [2.75, 3.05) is 18.0 Å². The number of aromatic nitrogens is 3. The largest absolute Gasteiger partial charge is 0.508 e. The van der Waals surface area contributed by atoms with Crippen LogP contribution in [0.15, 0.2) is 18.2 Å². The highest BCUT2D eigenvalue weighted by Gasteiger charge is 2.24. The minimum atomic E-state index is 0.273. The molecule has 112 valence electrons. The second-order valence-corrected chi connectivity index (χ2v) is 5.81. The smallest absolute Gasteiger partial charge is 0.245 e. The van der Waals surface area contributed by atoms with Gasteiger partial charge in [0.05, 0.1) is 0 Å². The van der Waals surface area contributed by atoms with Gasteiger partial charge in [0.1, 0.15) is 5.75 Å². The summed E-state index contributed by atoms with van der Waals surface area (Å²) in [6.45, 7) is 7.98. The average Bonchev–Trinajstić information content (AvgIpc) is 2.90. The molecule has 6 nitrogen and oxygen atoms in total. The van der Waals surface area contributed by atoms with Crippen LogP contribution in [0.4, 0.5) is 5.95 Å². The number of aromatic amines is 1. The summed E-state index contributed by atoms with van der Waals surface area (Å²) in [5.74, 6) is 1.68. The van der Waals surface area contributed by atoms with Crippen molar-refractivity contribution in [1.29, 1.82) is 0 Å². The first-order valence-electron chi connectivity index (χ1n) is 7.27. The second-order valence-electron chi connectivity index (χ2n) is 5.81. The maximum absolute atomic E-state index is 9.81. The molecule has 1 aromatic heterocycles. The first-order valence-corrected chi connectivity index (χ1v) is 7.27. The number of hydrogen-bond acceptors (Lipinski definition) is 5. The van der Waals surface area contributed by atoms with Crippen LogP contribution < -0.4 is 10.2 Å². The number of hydrogen-bond donors (Lipinski definition) is 3. The zero-order valence-electron chi connectivity index (χ0n) is 12.6. The first-order chi connectivity index (χ1) is 10.0. The normalized spacial score (nSPS) is 22.5. The molecule has 1 saturated heterocycles. The molecule has 1 aromatic carbocycles. The number of aromatic hydroxyl groups is 1. The van der Waals surface area contributed by atoms with Crippen molar-refractivity contribution in [3.8, 4) is 17.1 Å². The predicted molar refractivity (Wildman–Crippen MR) is 82.5 cm³/mol. The van der Waals surface area contributed by atoms with Crippen molar-refractivity contribution in [3.63, 3.8) is 0 Å². The Kier molecular flexibility index (Phi) is 3.55. The van der Waals surface area contributed by atoms with Gasteiger partial charge < -0.3 is 15.3 Å². The first kappa shape index (κ1) is 13.9. The fourth-order valence-corrected chi connectivity index (χ4v) is 2.88. The molecule has 0 aliphatic carbocycles. The van der Waals surface area contributed by atoms with Crippen LogP contribution in [0.1, 0.15) is 19.4 Å². The number of nitrogens with zero attached hydrogens (tertiary/aromatic N) is 3. The molecule has 2 heterocycles. The topological polar surface area (TPSA) is 77.1 Å². The number of phenolic OH excluding ortho intramolecular Hbond substituents is 1. The molecular weight excluding hydrogens is 266 g/mol. The molecule has 2 aromatic rings. The van der Waals surface area contributed by atoms with Crippen molar-refractivity contribution in [2.24, 2.45) is 0 Å². The van der Waals surface area contributed by atoms with Gasteiger partial charge in [0, 0.05) is 36.3 Å². The minimum Gasteiger partial charge on any atom is -0.508 e. The summed E-state index contributed by atoms with van der Waals surface area (Å²) < 4.78 is 0. The fraction of sp³-hybridized carbons (Fsp3) is 0.467. The van der Waals surface area contributed by atoms with Crippen LogP contribution in [0.2, 0.25) is 0 Å². The van der Waals surface area contributed by atoms with Crippen LogP contribution in [0.5, 0.6) is 5.75 Å². The van der Waals surface area contributed by atoms with Gasteiger partial charge in [-0.25, -0.2) is 0 Å². The molecule has 0 saturated carbocycles. The molecule has 0 amide bonds. The van der Waals surface area contributed by atoms with E-state index in [1.807, 2.05) is 19.1 Å². The zero-order chi connectivity index (χ0) is 15.0. The summed E-state index contributed by atoms with van der Waals surface area (Å²) in [5, 5.41) is 20.6. The van der Waals surface area contributed by atoms with Gasteiger partial charge in [-0.3, -0.25) is 5.10 Å². The van der Waals surface area contributed by atoms with E-state index in [1.165, 1.54) is 0 Å². The van der Waals surface area contributed by atoms with Gasteiger partial charge in [0.25, 0.3) is 0 Å². The number of phenols is 1. The van der Waals surface area contributed by atoms with E-state index >= 15 is 0 Å². The van der Waals surface area contributed by atoms with Gasteiger partial charge in [-0.05, 0) is 26.8 Å². The van der Waals surface area contributed by atoms with Crippen molar-refractivity contribution in [1.82, 2.24) is 20.5 Å². The quantitative estimate of drug-likeness (QED) is 0.783. The number of nitrogens with one attached hydrogen (secondary N) is 2. The molecule has 1 aliphatic rings. The Morgan fingerprint density at radius 1 is 1.24 bits per heavy atom. The Hall–Kier alpha value is -2.08. The third-order valence-electron chi connectivity index (χ3n) is 3.87. The van der Waals surface area contributed by atoms with E-state index in [0.717, 1.165) is 24.2 Å². The van der Waals surface area contributed by atoms with E-state index in [4.69, 9.17) is 0 Å². The molecule has 6 heteroatoms. The molecule has 3 N–H and O–H groups in total. The Morgan fingerprint density at radius 3 is 2.67 bits per heavy atom. The Bertz CT molecular complexity index is 629. The molecular formula is C15H21N5O. The summed E-state index contributed by atoms with van der Waals surface area (Å²) in [6.07, 6.45) is 0. The zero-order valence-corrected chi connectivity index (χ0v) is 12.6. The lowest BCUT2D eigenvalue weighted by atomic mass is 10.1. The summed E-state index contributed by atoms with van der Waals surface area (Å²) in [5.41, 5.74) is 1.69. The number of H-pyrrole nitrogens is 1. The Labute approximate surface area is 124 Å². The van der Waals surface area contributed by atoms with Crippen molar-refractivity contribution < 1.29 is 5.11 Å². The van der Waals surface area contributed by atoms with E-state index in [1.54, 1.807) is 6.07 Å². The van der Waals surface area contributed by atoms with Crippen LogP contribution >= 0.6 is 0 Å². The highest BCUT2D eigenvalue weighted by Crippen LogP contribution is 2.27. The van der Waals surface area contributed by atoms with E-state index in [9.17, 15) is 5.11 Å². The van der Waals surface area contributed by atoms with E-state index in [2.05, 4.69) is 39.2 Å². The highest BCUT2D eigenvalue weighted by molar-refractivity contribution is 5.64. The standard InChI is InChI=1S/C15H21N5O/c1-9-7-20(8-10(2)16-9)15-17-14(18-19-15)12-5-4-6-13(21)11(12)3/h4-6,9-10,16,21H,7-8H2,1-3H3,(H,17,18,19). The maximum atomic E-state index is 9.81. The lowest BCUT2D eigenvalue weighted by molar-refractivity contribution is 0.403. The molecule has 2 unspecified atom stereocenters. The van der Waals surface area contributed by atoms with Crippen LogP contribution in [0, 0.1) is 6.92 Å². The second kappa shape index (κ2) is 5.37. The molecule has 3 rings (SSSR count). The minimum absolute atomic E-state index is 0.273. The molecule has 0 radical (unpaired) electrons. The van der Waals surface area contributed by atoms with E-state index in [-0.39, 0.29) is 5.75 Å². The van der Waals surface area contributed by atoms with Gasteiger partial charge in [0.15, 0.2) is 5.82 Å². The predicted octanol–water partition coefficient (Wildman–Crippen LogP) is 1.67. The summed E-state index contributed by atoms with van der Waals surface area (Å²) >= 11 is 0. The molecule has 1 aliphatic heterocycles. The van der Waals surface area contributed by atoms with Crippen molar-refractivity contribution in [2.45, 2.75) is 32.9 Å². The van der Waals surface area contributed by atoms with Crippen molar-refractivity contribution in [3.05, 3.63) is 23.8 Å². The summed E-state index contributed by atoms with van der Waals surface area (Å²) in [4.78, 5) is 6.78. The van der Waals surface area contributed by atoms with E-state index < -0.39 is 0 Å². The van der Waals surface area contributed by atoms with Crippen LogP contribution in [-0.2, 0) is 0 Å². The number of benzene rings is 1. The maximum Gasteiger partial charge on any atom is 0.245 e. The number of rotatable bonds is 2. The Morgan fingerprint density at radius 2 is 1.95 bits per heavy atom. The lowest BCUT2D eigenvalue weighted by Crippen LogP contribution is -2.54. The van der Waals surface area contributed by atoms with Crippen LogP contribution in [0.25, 0.3) is 11.4 Å².